The van der Waals surface area contributed by atoms with Crippen molar-refractivity contribution in [2.45, 2.75) is 51.3 Å². The van der Waals surface area contributed by atoms with Crippen LogP contribution < -0.4 is 5.73 Å². The molecule has 0 aliphatic heterocycles. The Kier molecular flexibility index (Phi) is 5.05. The van der Waals surface area contributed by atoms with Gasteiger partial charge in [0, 0.05) is 6.54 Å². The minimum atomic E-state index is -0.146. The zero-order chi connectivity index (χ0) is 15.5. The van der Waals surface area contributed by atoms with Gasteiger partial charge in [0.05, 0.1) is 18.5 Å². The van der Waals surface area contributed by atoms with E-state index >= 15 is 0 Å². The van der Waals surface area contributed by atoms with Gasteiger partial charge in [-0.2, -0.15) is 4.98 Å². The van der Waals surface area contributed by atoms with Gasteiger partial charge >= 0.3 is 0 Å². The number of hydrogen-bond acceptors (Lipinski definition) is 6. The van der Waals surface area contributed by atoms with Gasteiger partial charge in [0.25, 0.3) is 0 Å². The summed E-state index contributed by atoms with van der Waals surface area (Å²) in [7, 11) is 0. The minimum Gasteiger partial charge on any atom is -0.374 e. The quantitative estimate of drug-likeness (QED) is 0.653. The number of nitrogen functional groups attached to an aromatic ring is 1. The Hall–Kier alpha value is -1.34. The molecule has 0 saturated carbocycles. The van der Waals surface area contributed by atoms with E-state index < -0.39 is 0 Å². The molecule has 0 unspecified atom stereocenters. The SMILES string of the molecule is CCCSc1nc(N)nc2c1ncn2CCOC(C)(C)C. The van der Waals surface area contributed by atoms with E-state index in [2.05, 4.69) is 21.9 Å². The Labute approximate surface area is 129 Å². The first-order valence-electron chi connectivity index (χ1n) is 7.16. The second-order valence-electron chi connectivity index (χ2n) is 5.81. The second kappa shape index (κ2) is 6.62. The molecule has 0 spiro atoms. The maximum atomic E-state index is 5.81. The van der Waals surface area contributed by atoms with E-state index in [1.54, 1.807) is 18.1 Å². The largest absolute Gasteiger partial charge is 0.374 e. The molecule has 2 aromatic rings. The molecule has 6 nitrogen and oxygen atoms in total. The molecule has 21 heavy (non-hydrogen) atoms. The predicted octanol–water partition coefficient (Wildman–Crippen LogP) is 2.73. The summed E-state index contributed by atoms with van der Waals surface area (Å²) in [4.78, 5) is 13.0. The summed E-state index contributed by atoms with van der Waals surface area (Å²) in [5.74, 6) is 1.28. The molecule has 0 radical (unpaired) electrons. The van der Waals surface area contributed by atoms with Crippen LogP contribution in [0.15, 0.2) is 11.4 Å². The van der Waals surface area contributed by atoms with Crippen LogP contribution in [0.2, 0.25) is 0 Å². The summed E-state index contributed by atoms with van der Waals surface area (Å²) in [5, 5.41) is 0.856. The zero-order valence-corrected chi connectivity index (χ0v) is 13.9. The lowest BCUT2D eigenvalue weighted by atomic mass is 10.2. The summed E-state index contributed by atoms with van der Waals surface area (Å²) in [6.45, 7) is 9.56. The van der Waals surface area contributed by atoms with Crippen molar-refractivity contribution in [1.82, 2.24) is 19.5 Å². The number of thioether (sulfide) groups is 1. The van der Waals surface area contributed by atoms with Crippen molar-refractivity contribution in [1.29, 1.82) is 0 Å². The molecule has 2 heterocycles. The number of anilines is 1. The number of rotatable bonds is 6. The van der Waals surface area contributed by atoms with Crippen LogP contribution in [-0.2, 0) is 11.3 Å². The summed E-state index contributed by atoms with van der Waals surface area (Å²) in [6, 6.07) is 0. The van der Waals surface area contributed by atoms with Gasteiger partial charge in [-0.3, -0.25) is 0 Å². The lowest BCUT2D eigenvalue weighted by molar-refractivity contribution is -0.00653. The topological polar surface area (TPSA) is 78.9 Å². The molecular formula is C14H23N5OS. The molecule has 0 aliphatic carbocycles. The summed E-state index contributed by atoms with van der Waals surface area (Å²) in [6.07, 6.45) is 2.86. The van der Waals surface area contributed by atoms with Crippen molar-refractivity contribution in [2.75, 3.05) is 18.1 Å². The van der Waals surface area contributed by atoms with E-state index in [1.165, 1.54) is 0 Å². The van der Waals surface area contributed by atoms with Crippen molar-refractivity contribution in [3.8, 4) is 0 Å². The average Bonchev–Trinajstić information content (AvgIpc) is 2.78. The van der Waals surface area contributed by atoms with Crippen molar-refractivity contribution >= 4 is 28.9 Å². The fourth-order valence-electron chi connectivity index (χ4n) is 1.85. The van der Waals surface area contributed by atoms with Crippen LogP contribution in [0.5, 0.6) is 0 Å². The Morgan fingerprint density at radius 1 is 1.33 bits per heavy atom. The number of hydrogen-bond donors (Lipinski definition) is 1. The van der Waals surface area contributed by atoms with Crippen LogP contribution in [0.25, 0.3) is 11.2 Å². The predicted molar refractivity (Wildman–Crippen MR) is 86.5 cm³/mol. The molecular weight excluding hydrogens is 286 g/mol. The van der Waals surface area contributed by atoms with Crippen molar-refractivity contribution in [3.63, 3.8) is 0 Å². The molecule has 2 rings (SSSR count). The number of imidazole rings is 1. The highest BCUT2D eigenvalue weighted by Crippen LogP contribution is 2.25. The van der Waals surface area contributed by atoms with Gasteiger partial charge in [-0.25, -0.2) is 9.97 Å². The third-order valence-electron chi connectivity index (χ3n) is 2.76. The minimum absolute atomic E-state index is 0.146. The molecule has 0 atom stereocenters. The van der Waals surface area contributed by atoms with Crippen LogP contribution in [0.1, 0.15) is 34.1 Å². The Balaban J connectivity index is 2.20. The number of fused-ring (bicyclic) bond motifs is 1. The summed E-state index contributed by atoms with van der Waals surface area (Å²) < 4.78 is 7.72. The van der Waals surface area contributed by atoms with Crippen LogP contribution in [-0.4, -0.2) is 37.5 Å². The second-order valence-corrected chi connectivity index (χ2v) is 6.89. The third kappa shape index (κ3) is 4.31. The Bertz CT molecular complexity index is 605. The molecule has 0 aromatic carbocycles. The normalized spacial score (nSPS) is 12.2. The van der Waals surface area contributed by atoms with Gasteiger partial charge in [-0.05, 0) is 32.9 Å². The zero-order valence-electron chi connectivity index (χ0n) is 13.1. The molecule has 0 amide bonds. The van der Waals surface area contributed by atoms with E-state index in [1.807, 2.05) is 25.3 Å². The molecule has 2 aromatic heterocycles. The first kappa shape index (κ1) is 16.0. The van der Waals surface area contributed by atoms with Gasteiger partial charge in [-0.1, -0.05) is 6.92 Å². The number of nitrogens with zero attached hydrogens (tertiary/aromatic N) is 4. The lowest BCUT2D eigenvalue weighted by Gasteiger charge is -2.19. The van der Waals surface area contributed by atoms with Crippen molar-refractivity contribution < 1.29 is 4.74 Å². The molecule has 2 N–H and O–H groups in total. The van der Waals surface area contributed by atoms with E-state index in [0.29, 0.717) is 19.1 Å². The Morgan fingerprint density at radius 2 is 2.10 bits per heavy atom. The fraction of sp³-hybridized carbons (Fsp3) is 0.643. The number of nitrogens with two attached hydrogens (primary N) is 1. The van der Waals surface area contributed by atoms with Gasteiger partial charge in [-0.15, -0.1) is 11.8 Å². The Morgan fingerprint density at radius 3 is 2.76 bits per heavy atom. The summed E-state index contributed by atoms with van der Waals surface area (Å²) in [5.41, 5.74) is 7.26. The molecule has 0 aliphatic rings. The van der Waals surface area contributed by atoms with Gasteiger partial charge in [0.15, 0.2) is 5.65 Å². The van der Waals surface area contributed by atoms with Crippen LogP contribution >= 0.6 is 11.8 Å². The third-order valence-corrected chi connectivity index (χ3v) is 3.93. The van der Waals surface area contributed by atoms with Crippen molar-refractivity contribution in [3.05, 3.63) is 6.33 Å². The van der Waals surface area contributed by atoms with Gasteiger partial charge < -0.3 is 15.0 Å². The maximum absolute atomic E-state index is 5.81. The smallest absolute Gasteiger partial charge is 0.223 e. The molecule has 7 heteroatoms. The highest BCUT2D eigenvalue weighted by atomic mass is 32.2. The first-order valence-corrected chi connectivity index (χ1v) is 8.14. The van der Waals surface area contributed by atoms with E-state index in [4.69, 9.17) is 10.5 Å². The highest BCUT2D eigenvalue weighted by Gasteiger charge is 2.14. The standard InChI is InChI=1S/C14H23N5OS/c1-5-8-21-12-10-11(17-13(15)18-12)19(9-16-10)6-7-20-14(2,3)4/h9H,5-8H2,1-4H3,(H2,15,17,18). The van der Waals surface area contributed by atoms with Gasteiger partial charge in [0.2, 0.25) is 5.95 Å². The van der Waals surface area contributed by atoms with Gasteiger partial charge in [0.1, 0.15) is 10.5 Å². The molecule has 0 fully saturated rings. The first-order chi connectivity index (χ1) is 9.90. The van der Waals surface area contributed by atoms with Crippen LogP contribution in [0.4, 0.5) is 5.95 Å². The maximum Gasteiger partial charge on any atom is 0.223 e. The molecule has 0 saturated heterocycles. The van der Waals surface area contributed by atoms with E-state index in [9.17, 15) is 0 Å². The highest BCUT2D eigenvalue weighted by molar-refractivity contribution is 7.99. The average molecular weight is 309 g/mol. The monoisotopic (exact) mass is 309 g/mol. The number of aromatic nitrogens is 4. The van der Waals surface area contributed by atoms with Crippen molar-refractivity contribution in [2.24, 2.45) is 0 Å². The molecule has 116 valence electrons. The fourth-order valence-corrected chi connectivity index (χ4v) is 2.68. The van der Waals surface area contributed by atoms with E-state index in [-0.39, 0.29) is 5.60 Å². The molecule has 0 bridgehead atoms. The lowest BCUT2D eigenvalue weighted by Crippen LogP contribution is -2.21. The van der Waals surface area contributed by atoms with Crippen LogP contribution in [0, 0.1) is 0 Å². The van der Waals surface area contributed by atoms with E-state index in [0.717, 1.165) is 28.4 Å². The summed E-state index contributed by atoms with van der Waals surface area (Å²) >= 11 is 1.67. The van der Waals surface area contributed by atoms with Crippen LogP contribution in [0.3, 0.4) is 0 Å². The number of ether oxygens (including phenoxy) is 1.